The lowest BCUT2D eigenvalue weighted by Gasteiger charge is -2.10. The summed E-state index contributed by atoms with van der Waals surface area (Å²) in [5, 5.41) is 10.8. The van der Waals surface area contributed by atoms with Crippen molar-refractivity contribution < 1.29 is 18.1 Å². The second-order valence-electron chi connectivity index (χ2n) is 6.16. The minimum atomic E-state index is -3.99. The minimum Gasteiger partial charge on any atom is -0.288 e. The number of benzene rings is 2. The molecular weight excluding hydrogens is 366 g/mol. The van der Waals surface area contributed by atoms with Gasteiger partial charge in [0.25, 0.3) is 5.69 Å². The van der Waals surface area contributed by atoms with Gasteiger partial charge in [-0.3, -0.25) is 14.9 Å². The van der Waals surface area contributed by atoms with Crippen LogP contribution in [-0.4, -0.2) is 19.1 Å². The first-order chi connectivity index (χ1) is 12.8. The number of carbonyl (C=O) groups excluding carboxylic acids is 1. The number of nitro groups is 1. The molecule has 0 amide bonds. The van der Waals surface area contributed by atoms with Gasteiger partial charge in [0.2, 0.25) is 15.6 Å². The van der Waals surface area contributed by atoms with Crippen LogP contribution in [0.5, 0.6) is 0 Å². The molecule has 0 unspecified atom stereocenters. The minimum absolute atomic E-state index is 0.0473. The molecule has 0 saturated carbocycles. The summed E-state index contributed by atoms with van der Waals surface area (Å²) in [6.45, 7) is 3.82. The predicted octanol–water partition coefficient (Wildman–Crippen LogP) is 4.63. The maximum atomic E-state index is 13.0. The largest absolute Gasteiger partial charge is 0.288 e. The Kier molecular flexibility index (Phi) is 6.63. The van der Waals surface area contributed by atoms with Crippen LogP contribution in [0.4, 0.5) is 5.69 Å². The number of rotatable bonds is 8. The fraction of sp³-hybridized carbons (Fsp3) is 0.250. The Hall–Kier alpha value is -2.80. The SMILES string of the molecule is CCCC/C=C(/C(=O)c1ccc([N+](=O)[O-])cc1)S(=O)(=O)c1ccc(C)cc1. The van der Waals surface area contributed by atoms with Gasteiger partial charge >= 0.3 is 0 Å². The molecule has 0 spiro atoms. The van der Waals surface area contributed by atoms with Crippen molar-refractivity contribution in [1.29, 1.82) is 0 Å². The van der Waals surface area contributed by atoms with Crippen LogP contribution >= 0.6 is 0 Å². The number of hydrogen-bond acceptors (Lipinski definition) is 5. The van der Waals surface area contributed by atoms with Gasteiger partial charge in [0.1, 0.15) is 4.91 Å². The highest BCUT2D eigenvalue weighted by atomic mass is 32.2. The van der Waals surface area contributed by atoms with Gasteiger partial charge in [-0.25, -0.2) is 8.42 Å². The van der Waals surface area contributed by atoms with E-state index in [0.717, 1.165) is 18.4 Å². The van der Waals surface area contributed by atoms with Gasteiger partial charge in [-0.2, -0.15) is 0 Å². The monoisotopic (exact) mass is 387 g/mol. The Morgan fingerprint density at radius 2 is 1.67 bits per heavy atom. The number of aryl methyl sites for hydroxylation is 1. The zero-order chi connectivity index (χ0) is 20.0. The van der Waals surface area contributed by atoms with E-state index in [-0.39, 0.29) is 21.1 Å². The fourth-order valence-electron chi connectivity index (χ4n) is 2.48. The summed E-state index contributed by atoms with van der Waals surface area (Å²) in [7, 11) is -3.99. The molecule has 142 valence electrons. The second-order valence-corrected chi connectivity index (χ2v) is 8.08. The Morgan fingerprint density at radius 3 is 2.19 bits per heavy atom. The molecule has 0 radical (unpaired) electrons. The van der Waals surface area contributed by atoms with E-state index >= 15 is 0 Å². The number of Topliss-reactive ketones (excluding diaryl/α,β-unsaturated/α-hetero) is 1. The van der Waals surface area contributed by atoms with Gasteiger partial charge in [0.15, 0.2) is 0 Å². The maximum Gasteiger partial charge on any atom is 0.269 e. The van der Waals surface area contributed by atoms with Gasteiger partial charge in [-0.1, -0.05) is 43.5 Å². The zero-order valence-corrected chi connectivity index (χ0v) is 16.0. The Bertz CT molecular complexity index is 958. The molecule has 0 N–H and O–H groups in total. The van der Waals surface area contributed by atoms with Crippen LogP contribution < -0.4 is 0 Å². The molecular formula is C20H21NO5S. The summed E-state index contributed by atoms with van der Waals surface area (Å²) >= 11 is 0. The molecule has 0 heterocycles. The van der Waals surface area contributed by atoms with Crippen LogP contribution in [0.3, 0.4) is 0 Å². The van der Waals surface area contributed by atoms with Crippen molar-refractivity contribution in [1.82, 2.24) is 0 Å². The molecule has 0 atom stereocenters. The van der Waals surface area contributed by atoms with E-state index in [0.29, 0.717) is 6.42 Å². The number of nitrogens with zero attached hydrogens (tertiary/aromatic N) is 1. The van der Waals surface area contributed by atoms with Crippen LogP contribution in [0.2, 0.25) is 0 Å². The summed E-state index contributed by atoms with van der Waals surface area (Å²) < 4.78 is 26.1. The zero-order valence-electron chi connectivity index (χ0n) is 15.2. The number of non-ortho nitro benzene ring substituents is 1. The highest BCUT2D eigenvalue weighted by Gasteiger charge is 2.27. The van der Waals surface area contributed by atoms with Crippen molar-refractivity contribution in [2.24, 2.45) is 0 Å². The molecule has 2 aromatic carbocycles. The topological polar surface area (TPSA) is 94.3 Å². The number of unbranched alkanes of at least 4 members (excludes halogenated alkanes) is 2. The Morgan fingerprint density at radius 1 is 1.07 bits per heavy atom. The van der Waals surface area contributed by atoms with Crippen molar-refractivity contribution in [3.63, 3.8) is 0 Å². The van der Waals surface area contributed by atoms with Crippen molar-refractivity contribution in [2.75, 3.05) is 0 Å². The normalized spacial score (nSPS) is 12.0. The van der Waals surface area contributed by atoms with E-state index in [2.05, 4.69) is 0 Å². The third-order valence-electron chi connectivity index (χ3n) is 4.07. The van der Waals surface area contributed by atoms with Gasteiger partial charge < -0.3 is 0 Å². The van der Waals surface area contributed by atoms with Crippen molar-refractivity contribution in [3.05, 3.63) is 80.8 Å². The first kappa shape index (κ1) is 20.5. The van der Waals surface area contributed by atoms with E-state index in [1.54, 1.807) is 12.1 Å². The van der Waals surface area contributed by atoms with Crippen LogP contribution in [0.1, 0.15) is 42.1 Å². The molecule has 0 aliphatic rings. The van der Waals surface area contributed by atoms with Gasteiger partial charge in [0, 0.05) is 17.7 Å². The van der Waals surface area contributed by atoms with Crippen LogP contribution in [0, 0.1) is 17.0 Å². The number of sulfone groups is 1. The van der Waals surface area contributed by atoms with Gasteiger partial charge in [-0.15, -0.1) is 0 Å². The van der Waals surface area contributed by atoms with E-state index < -0.39 is 20.5 Å². The average molecular weight is 387 g/mol. The summed E-state index contributed by atoms with van der Waals surface area (Å²) in [6.07, 6.45) is 3.51. The lowest BCUT2D eigenvalue weighted by molar-refractivity contribution is -0.384. The molecule has 0 aliphatic carbocycles. The quantitative estimate of drug-likeness (QED) is 0.216. The third kappa shape index (κ3) is 4.89. The summed E-state index contributed by atoms with van der Waals surface area (Å²) in [6, 6.07) is 11.2. The fourth-order valence-corrected chi connectivity index (χ4v) is 3.93. The van der Waals surface area contributed by atoms with Gasteiger partial charge in [-0.05, 0) is 37.6 Å². The average Bonchev–Trinajstić information content (AvgIpc) is 2.65. The van der Waals surface area contributed by atoms with Gasteiger partial charge in [0.05, 0.1) is 9.82 Å². The molecule has 7 heteroatoms. The standard InChI is InChI=1S/C20H21NO5S/c1-3-4-5-6-19(27(25,26)18-13-7-15(2)8-14-18)20(22)16-9-11-17(12-10-16)21(23)24/h6-14H,3-5H2,1-2H3/b19-6-. The number of ketones is 1. The summed E-state index contributed by atoms with van der Waals surface area (Å²) in [5.41, 5.74) is 0.843. The first-order valence-electron chi connectivity index (χ1n) is 8.58. The molecule has 27 heavy (non-hydrogen) atoms. The second kappa shape index (κ2) is 8.73. The van der Waals surface area contributed by atoms with Crippen LogP contribution in [0.15, 0.2) is 64.4 Å². The molecule has 0 aliphatic heterocycles. The smallest absolute Gasteiger partial charge is 0.269 e. The Balaban J connectivity index is 2.47. The molecule has 2 rings (SSSR count). The molecule has 0 fully saturated rings. The number of hydrogen-bond donors (Lipinski definition) is 0. The van der Waals surface area contributed by atoms with Crippen LogP contribution in [-0.2, 0) is 9.84 Å². The lowest BCUT2D eigenvalue weighted by Crippen LogP contribution is -2.15. The molecule has 6 nitrogen and oxygen atoms in total. The van der Waals surface area contributed by atoms with Crippen molar-refractivity contribution in [2.45, 2.75) is 38.0 Å². The first-order valence-corrected chi connectivity index (χ1v) is 10.1. The number of nitro benzene ring substituents is 1. The Labute approximate surface area is 158 Å². The van der Waals surface area contributed by atoms with Crippen molar-refractivity contribution in [3.8, 4) is 0 Å². The lowest BCUT2D eigenvalue weighted by atomic mass is 10.1. The van der Waals surface area contributed by atoms with Crippen molar-refractivity contribution >= 4 is 21.3 Å². The van der Waals surface area contributed by atoms with E-state index in [1.807, 2.05) is 13.8 Å². The highest BCUT2D eigenvalue weighted by molar-refractivity contribution is 7.96. The molecule has 0 aromatic heterocycles. The van der Waals surface area contributed by atoms with Crippen LogP contribution in [0.25, 0.3) is 0 Å². The maximum absolute atomic E-state index is 13.0. The third-order valence-corrected chi connectivity index (χ3v) is 5.90. The summed E-state index contributed by atoms with van der Waals surface area (Å²) in [4.78, 5) is 22.8. The number of carbonyl (C=O) groups is 1. The molecule has 0 saturated heterocycles. The predicted molar refractivity (Wildman–Crippen MR) is 103 cm³/mol. The van der Waals surface area contributed by atoms with E-state index in [1.165, 1.54) is 42.5 Å². The van der Waals surface area contributed by atoms with E-state index in [4.69, 9.17) is 0 Å². The molecule has 0 bridgehead atoms. The highest BCUT2D eigenvalue weighted by Crippen LogP contribution is 2.25. The van der Waals surface area contributed by atoms with E-state index in [9.17, 15) is 23.3 Å². The summed E-state index contributed by atoms with van der Waals surface area (Å²) in [5.74, 6) is -0.665. The molecule has 2 aromatic rings. The number of allylic oxidation sites excluding steroid dienone is 2.